The molecule has 1 aromatic rings. The summed E-state index contributed by atoms with van der Waals surface area (Å²) in [5, 5.41) is 0. The van der Waals surface area contributed by atoms with Gasteiger partial charge in [0.05, 0.1) is 23.5 Å². The van der Waals surface area contributed by atoms with Gasteiger partial charge < -0.3 is 15.2 Å². The zero-order chi connectivity index (χ0) is 14.6. The molecule has 0 aliphatic rings. The molecule has 0 spiro atoms. The van der Waals surface area contributed by atoms with Crippen molar-refractivity contribution in [3.05, 3.63) is 28.0 Å². The smallest absolute Gasteiger partial charge is 0.339 e. The van der Waals surface area contributed by atoms with Crippen molar-refractivity contribution >= 4 is 27.6 Å². The van der Waals surface area contributed by atoms with Crippen molar-refractivity contribution in [3.8, 4) is 0 Å². The maximum absolute atomic E-state index is 13.2. The van der Waals surface area contributed by atoms with Gasteiger partial charge in [0.15, 0.2) is 0 Å². The summed E-state index contributed by atoms with van der Waals surface area (Å²) in [5.74, 6) is -1.13. The van der Waals surface area contributed by atoms with Crippen LogP contribution in [0.3, 0.4) is 0 Å². The van der Waals surface area contributed by atoms with E-state index in [1.54, 1.807) is 7.11 Å². The monoisotopic (exact) mass is 333 g/mol. The molecule has 19 heavy (non-hydrogen) atoms. The molecular formula is C13H17BrFNO3. The molecule has 4 nitrogen and oxygen atoms in total. The summed E-state index contributed by atoms with van der Waals surface area (Å²) in [6.07, 6.45) is 0.559. The lowest BCUT2D eigenvalue weighted by atomic mass is 10.1. The summed E-state index contributed by atoms with van der Waals surface area (Å²) >= 11 is 3.11. The second-order valence-corrected chi connectivity index (χ2v) is 5.56. The van der Waals surface area contributed by atoms with Crippen molar-refractivity contribution in [1.82, 2.24) is 0 Å². The molecule has 0 amide bonds. The molecule has 6 heteroatoms. The lowest BCUT2D eigenvalue weighted by Gasteiger charge is -2.22. The van der Waals surface area contributed by atoms with Crippen LogP contribution in [0.5, 0.6) is 0 Å². The molecule has 0 atom stereocenters. The number of anilines is 1. The predicted octanol–water partition coefficient (Wildman–Crippen LogP) is 3.14. The first-order valence-electron chi connectivity index (χ1n) is 5.73. The number of carbonyl (C=O) groups is 1. The Balaban J connectivity index is 2.67. The van der Waals surface area contributed by atoms with Crippen LogP contribution in [0.15, 0.2) is 16.6 Å². The molecule has 0 aromatic heterocycles. The van der Waals surface area contributed by atoms with E-state index in [-0.39, 0.29) is 23.5 Å². The van der Waals surface area contributed by atoms with Crippen LogP contribution in [0.25, 0.3) is 0 Å². The molecule has 0 aliphatic heterocycles. The highest BCUT2D eigenvalue weighted by Gasteiger charge is 2.19. The lowest BCUT2D eigenvalue weighted by Crippen LogP contribution is -2.25. The van der Waals surface area contributed by atoms with Crippen molar-refractivity contribution < 1.29 is 18.7 Å². The fourth-order valence-corrected chi connectivity index (χ4v) is 1.77. The van der Waals surface area contributed by atoms with Gasteiger partial charge in [0.1, 0.15) is 5.82 Å². The maximum atomic E-state index is 13.2. The van der Waals surface area contributed by atoms with Gasteiger partial charge in [-0.05, 0) is 41.9 Å². The summed E-state index contributed by atoms with van der Waals surface area (Å²) in [6.45, 7) is 4.00. The Morgan fingerprint density at radius 3 is 2.68 bits per heavy atom. The van der Waals surface area contributed by atoms with E-state index in [9.17, 15) is 9.18 Å². The quantitative estimate of drug-likeness (QED) is 0.664. The van der Waals surface area contributed by atoms with Crippen molar-refractivity contribution in [2.75, 3.05) is 19.5 Å². The van der Waals surface area contributed by atoms with Gasteiger partial charge >= 0.3 is 5.97 Å². The average molecular weight is 334 g/mol. The van der Waals surface area contributed by atoms with E-state index in [2.05, 4.69) is 15.9 Å². The fraction of sp³-hybridized carbons (Fsp3) is 0.462. The minimum Gasteiger partial charge on any atom is -0.462 e. The van der Waals surface area contributed by atoms with Crippen LogP contribution < -0.4 is 5.73 Å². The molecule has 2 N–H and O–H groups in total. The summed E-state index contributed by atoms with van der Waals surface area (Å²) < 4.78 is 23.8. The van der Waals surface area contributed by atoms with E-state index in [0.717, 1.165) is 6.07 Å². The van der Waals surface area contributed by atoms with Crippen LogP contribution >= 0.6 is 15.9 Å². The minimum absolute atomic E-state index is 0.0904. The zero-order valence-electron chi connectivity index (χ0n) is 11.1. The highest BCUT2D eigenvalue weighted by atomic mass is 79.9. The van der Waals surface area contributed by atoms with Crippen LogP contribution in [0.2, 0.25) is 0 Å². The number of hydrogen-bond donors (Lipinski definition) is 1. The van der Waals surface area contributed by atoms with Crippen molar-refractivity contribution in [2.45, 2.75) is 25.9 Å². The molecule has 0 bridgehead atoms. The second-order valence-electron chi connectivity index (χ2n) is 4.70. The van der Waals surface area contributed by atoms with Gasteiger partial charge in [-0.25, -0.2) is 9.18 Å². The van der Waals surface area contributed by atoms with Gasteiger partial charge in [0.2, 0.25) is 0 Å². The molecule has 0 aliphatic carbocycles. The number of nitrogens with two attached hydrogens (primary N) is 1. The van der Waals surface area contributed by atoms with Gasteiger partial charge in [-0.1, -0.05) is 0 Å². The number of benzene rings is 1. The number of esters is 1. The standard InChI is InChI=1S/C13H17BrFNO3/c1-13(2,18-3)4-5-19-12(17)8-6-11(16)10(15)7-9(8)14/h6-7H,4-5,16H2,1-3H3. The van der Waals surface area contributed by atoms with Gasteiger partial charge in [-0.2, -0.15) is 0 Å². The number of ether oxygens (including phenoxy) is 2. The number of halogens is 2. The van der Waals surface area contributed by atoms with E-state index in [0.29, 0.717) is 10.9 Å². The summed E-state index contributed by atoms with van der Waals surface area (Å²) in [7, 11) is 1.60. The molecule has 106 valence electrons. The Kier molecular flexibility index (Phi) is 5.31. The molecule has 0 heterocycles. The van der Waals surface area contributed by atoms with Crippen LogP contribution in [-0.4, -0.2) is 25.3 Å². The Hall–Kier alpha value is -1.14. The van der Waals surface area contributed by atoms with Crippen molar-refractivity contribution in [3.63, 3.8) is 0 Å². The fourth-order valence-electron chi connectivity index (χ4n) is 1.29. The lowest BCUT2D eigenvalue weighted by molar-refractivity contribution is -0.00565. The highest BCUT2D eigenvalue weighted by molar-refractivity contribution is 9.10. The SMILES string of the molecule is COC(C)(C)CCOC(=O)c1cc(N)c(F)cc1Br. The molecule has 0 saturated heterocycles. The molecule has 0 fully saturated rings. The van der Waals surface area contributed by atoms with Crippen LogP contribution in [0, 0.1) is 5.82 Å². The van der Waals surface area contributed by atoms with Gasteiger partial charge in [-0.3, -0.25) is 0 Å². The van der Waals surface area contributed by atoms with Crippen molar-refractivity contribution in [1.29, 1.82) is 0 Å². The third kappa shape index (κ3) is 4.47. The molecule has 1 aromatic carbocycles. The Bertz CT molecular complexity index is 477. The molecule has 0 unspecified atom stereocenters. The molecule has 0 radical (unpaired) electrons. The third-order valence-corrected chi connectivity index (χ3v) is 3.45. The first-order valence-corrected chi connectivity index (χ1v) is 6.53. The number of rotatable bonds is 5. The van der Waals surface area contributed by atoms with Crippen LogP contribution in [0.4, 0.5) is 10.1 Å². The Labute approximate surface area is 120 Å². The van der Waals surface area contributed by atoms with E-state index in [1.165, 1.54) is 6.07 Å². The Morgan fingerprint density at radius 2 is 2.11 bits per heavy atom. The van der Waals surface area contributed by atoms with E-state index in [1.807, 2.05) is 13.8 Å². The van der Waals surface area contributed by atoms with Crippen molar-refractivity contribution in [2.24, 2.45) is 0 Å². The predicted molar refractivity (Wildman–Crippen MR) is 74.5 cm³/mol. The van der Waals surface area contributed by atoms with Crippen LogP contribution in [-0.2, 0) is 9.47 Å². The number of nitrogen functional groups attached to an aromatic ring is 1. The first-order chi connectivity index (χ1) is 8.76. The summed E-state index contributed by atoms with van der Waals surface area (Å²) in [5.41, 5.74) is 5.17. The number of carbonyl (C=O) groups excluding carboxylic acids is 1. The largest absolute Gasteiger partial charge is 0.462 e. The molecule has 0 saturated carbocycles. The number of methoxy groups -OCH3 is 1. The first kappa shape index (κ1) is 15.9. The van der Waals surface area contributed by atoms with E-state index >= 15 is 0 Å². The second kappa shape index (κ2) is 6.34. The number of hydrogen-bond acceptors (Lipinski definition) is 4. The zero-order valence-corrected chi connectivity index (χ0v) is 12.7. The summed E-state index contributed by atoms with van der Waals surface area (Å²) in [6, 6.07) is 2.40. The average Bonchev–Trinajstić information content (AvgIpc) is 2.33. The van der Waals surface area contributed by atoms with Gasteiger partial charge in [-0.15, -0.1) is 0 Å². The highest BCUT2D eigenvalue weighted by Crippen LogP contribution is 2.24. The van der Waals surface area contributed by atoms with E-state index in [4.69, 9.17) is 15.2 Å². The Morgan fingerprint density at radius 1 is 1.47 bits per heavy atom. The minimum atomic E-state index is -0.580. The summed E-state index contributed by atoms with van der Waals surface area (Å²) in [4.78, 5) is 11.8. The normalized spacial score (nSPS) is 11.4. The maximum Gasteiger partial charge on any atom is 0.339 e. The molecule has 1 rings (SSSR count). The van der Waals surface area contributed by atoms with Gasteiger partial charge in [0.25, 0.3) is 0 Å². The topological polar surface area (TPSA) is 61.5 Å². The van der Waals surface area contributed by atoms with Gasteiger partial charge in [0, 0.05) is 18.0 Å². The van der Waals surface area contributed by atoms with Crippen LogP contribution in [0.1, 0.15) is 30.6 Å². The van der Waals surface area contributed by atoms with E-state index < -0.39 is 11.8 Å². The third-order valence-electron chi connectivity index (χ3n) is 2.80. The molecular weight excluding hydrogens is 317 g/mol.